The molecule has 0 saturated heterocycles. The molecule has 6 nitrogen and oxygen atoms in total. The van der Waals surface area contributed by atoms with Crippen LogP contribution in [0.2, 0.25) is 0 Å². The Balaban J connectivity index is 1.92. The number of terminal acetylenes is 1. The van der Waals surface area contributed by atoms with Gasteiger partial charge in [0.25, 0.3) is 0 Å². The topological polar surface area (TPSA) is 80.0 Å². The molecule has 6 heteroatoms. The van der Waals surface area contributed by atoms with Gasteiger partial charge in [-0.05, 0) is 24.3 Å². The maximum Gasteiger partial charge on any atom is 0.247 e. The molecule has 0 radical (unpaired) electrons. The lowest BCUT2D eigenvalue weighted by Gasteiger charge is -2.05. The molecular weight excluding hydrogens is 244 g/mol. The van der Waals surface area contributed by atoms with Crippen molar-refractivity contribution in [2.45, 2.75) is 0 Å². The highest BCUT2D eigenvalue weighted by atomic mass is 16.4. The van der Waals surface area contributed by atoms with Crippen molar-refractivity contribution in [1.29, 1.82) is 0 Å². The first kappa shape index (κ1) is 12.8. The normalized spacial score (nSPS) is 9.84. The van der Waals surface area contributed by atoms with Crippen LogP contribution in [-0.2, 0) is 4.79 Å². The Kier molecular flexibility index (Phi) is 4.26. The van der Waals surface area contributed by atoms with Crippen LogP contribution in [0, 0.1) is 12.3 Å². The van der Waals surface area contributed by atoms with Crippen LogP contribution in [0.4, 0.5) is 5.69 Å². The predicted molar refractivity (Wildman–Crippen MR) is 70.1 cm³/mol. The van der Waals surface area contributed by atoms with Crippen molar-refractivity contribution in [3.05, 3.63) is 30.7 Å². The summed E-state index contributed by atoms with van der Waals surface area (Å²) in [6.45, 7) is 0.541. The van der Waals surface area contributed by atoms with Gasteiger partial charge in [0.1, 0.15) is 0 Å². The Bertz CT molecular complexity index is 570. The third-order valence-electron chi connectivity index (χ3n) is 2.29. The number of carbonyl (C=O) groups is 1. The minimum atomic E-state index is -0.152. The second kappa shape index (κ2) is 6.33. The van der Waals surface area contributed by atoms with E-state index in [1.807, 2.05) is 0 Å². The standard InChI is InChI=1S/C13H12N4O2/c1-2-7-14-8-12(18)16-11-5-3-10(4-6-11)13-17-15-9-19-13/h1,3-6,9,14H,7-8H2,(H,16,18). The number of hydrogen-bond acceptors (Lipinski definition) is 5. The molecule has 0 aliphatic rings. The maximum atomic E-state index is 11.5. The average molecular weight is 256 g/mol. The molecule has 19 heavy (non-hydrogen) atoms. The van der Waals surface area contributed by atoms with E-state index in [1.54, 1.807) is 24.3 Å². The highest BCUT2D eigenvalue weighted by Crippen LogP contribution is 2.18. The van der Waals surface area contributed by atoms with Crippen molar-refractivity contribution in [1.82, 2.24) is 15.5 Å². The summed E-state index contributed by atoms with van der Waals surface area (Å²) < 4.78 is 5.07. The van der Waals surface area contributed by atoms with Gasteiger partial charge in [-0.3, -0.25) is 10.1 Å². The highest BCUT2D eigenvalue weighted by Gasteiger charge is 2.04. The number of hydrogen-bond donors (Lipinski definition) is 2. The third-order valence-corrected chi connectivity index (χ3v) is 2.29. The molecule has 1 heterocycles. The Labute approximate surface area is 110 Å². The van der Waals surface area contributed by atoms with Crippen LogP contribution in [0.3, 0.4) is 0 Å². The van der Waals surface area contributed by atoms with Crippen LogP contribution in [0.5, 0.6) is 0 Å². The lowest BCUT2D eigenvalue weighted by molar-refractivity contribution is -0.115. The first-order valence-electron chi connectivity index (χ1n) is 5.60. The molecule has 0 spiro atoms. The quantitative estimate of drug-likeness (QED) is 0.613. The van der Waals surface area contributed by atoms with E-state index in [0.717, 1.165) is 5.56 Å². The minimum Gasteiger partial charge on any atom is -0.423 e. The monoisotopic (exact) mass is 256 g/mol. The van der Waals surface area contributed by atoms with E-state index in [9.17, 15) is 4.79 Å². The van der Waals surface area contributed by atoms with Crippen molar-refractivity contribution in [3.63, 3.8) is 0 Å². The van der Waals surface area contributed by atoms with Crippen LogP contribution in [0.25, 0.3) is 11.5 Å². The molecule has 0 aliphatic heterocycles. The molecule has 1 aromatic heterocycles. The molecule has 0 saturated carbocycles. The molecule has 1 aromatic carbocycles. The maximum absolute atomic E-state index is 11.5. The summed E-state index contributed by atoms with van der Waals surface area (Å²) in [6.07, 6.45) is 6.33. The van der Waals surface area contributed by atoms with Gasteiger partial charge in [0.2, 0.25) is 18.2 Å². The first-order chi connectivity index (χ1) is 9.29. The summed E-state index contributed by atoms with van der Waals surface area (Å²) in [5.74, 6) is 2.68. The first-order valence-corrected chi connectivity index (χ1v) is 5.60. The van der Waals surface area contributed by atoms with Gasteiger partial charge in [-0.25, -0.2) is 0 Å². The summed E-state index contributed by atoms with van der Waals surface area (Å²) in [5.41, 5.74) is 1.48. The number of nitrogens with zero attached hydrogens (tertiary/aromatic N) is 2. The molecule has 2 aromatic rings. The van der Waals surface area contributed by atoms with Gasteiger partial charge in [-0.2, -0.15) is 0 Å². The molecular formula is C13H12N4O2. The second-order valence-electron chi connectivity index (χ2n) is 3.68. The minimum absolute atomic E-state index is 0.152. The van der Waals surface area contributed by atoms with E-state index in [2.05, 4.69) is 26.8 Å². The Morgan fingerprint density at radius 2 is 2.16 bits per heavy atom. The SMILES string of the molecule is C#CCNCC(=O)Nc1ccc(-c2nnco2)cc1. The van der Waals surface area contributed by atoms with Gasteiger partial charge in [-0.1, -0.05) is 5.92 Å². The van der Waals surface area contributed by atoms with Crippen molar-refractivity contribution in [2.24, 2.45) is 0 Å². The van der Waals surface area contributed by atoms with E-state index in [-0.39, 0.29) is 12.5 Å². The number of rotatable bonds is 5. The number of amides is 1. The summed E-state index contributed by atoms with van der Waals surface area (Å²) >= 11 is 0. The van der Waals surface area contributed by atoms with Crippen molar-refractivity contribution in [2.75, 3.05) is 18.4 Å². The van der Waals surface area contributed by atoms with Crippen LogP contribution in [0.1, 0.15) is 0 Å². The van der Waals surface area contributed by atoms with E-state index in [1.165, 1.54) is 6.39 Å². The van der Waals surface area contributed by atoms with Gasteiger partial charge in [0.15, 0.2) is 0 Å². The molecule has 0 aliphatic carbocycles. The molecule has 0 bridgehead atoms. The Morgan fingerprint density at radius 3 is 2.79 bits per heavy atom. The second-order valence-corrected chi connectivity index (χ2v) is 3.68. The van der Waals surface area contributed by atoms with Crippen LogP contribution < -0.4 is 10.6 Å². The number of benzene rings is 1. The number of aromatic nitrogens is 2. The summed E-state index contributed by atoms with van der Waals surface area (Å²) in [4.78, 5) is 11.5. The zero-order valence-corrected chi connectivity index (χ0v) is 10.1. The Morgan fingerprint density at radius 1 is 1.37 bits per heavy atom. The fourth-order valence-corrected chi connectivity index (χ4v) is 1.45. The molecule has 2 N–H and O–H groups in total. The van der Waals surface area contributed by atoms with E-state index < -0.39 is 0 Å². The third kappa shape index (κ3) is 3.66. The fraction of sp³-hybridized carbons (Fsp3) is 0.154. The molecule has 2 rings (SSSR count). The summed E-state index contributed by atoms with van der Waals surface area (Å²) in [6, 6.07) is 7.10. The zero-order chi connectivity index (χ0) is 13.5. The van der Waals surface area contributed by atoms with Crippen molar-refractivity contribution < 1.29 is 9.21 Å². The summed E-state index contributed by atoms with van der Waals surface area (Å²) in [7, 11) is 0. The molecule has 0 atom stereocenters. The summed E-state index contributed by atoms with van der Waals surface area (Å²) in [5, 5.41) is 12.9. The van der Waals surface area contributed by atoms with E-state index >= 15 is 0 Å². The average Bonchev–Trinajstić information content (AvgIpc) is 2.94. The van der Waals surface area contributed by atoms with Gasteiger partial charge in [-0.15, -0.1) is 16.6 Å². The van der Waals surface area contributed by atoms with Crippen LogP contribution >= 0.6 is 0 Å². The van der Waals surface area contributed by atoms with E-state index in [4.69, 9.17) is 10.8 Å². The lowest BCUT2D eigenvalue weighted by atomic mass is 10.2. The smallest absolute Gasteiger partial charge is 0.247 e. The van der Waals surface area contributed by atoms with Gasteiger partial charge < -0.3 is 9.73 Å². The highest BCUT2D eigenvalue weighted by molar-refractivity contribution is 5.92. The largest absolute Gasteiger partial charge is 0.423 e. The molecule has 96 valence electrons. The van der Waals surface area contributed by atoms with Crippen molar-refractivity contribution >= 4 is 11.6 Å². The van der Waals surface area contributed by atoms with Crippen LogP contribution in [-0.4, -0.2) is 29.2 Å². The van der Waals surface area contributed by atoms with Crippen molar-refractivity contribution in [3.8, 4) is 23.8 Å². The molecule has 0 fully saturated rings. The fourth-order valence-electron chi connectivity index (χ4n) is 1.45. The zero-order valence-electron chi connectivity index (χ0n) is 10.1. The molecule has 1 amide bonds. The Hall–Kier alpha value is -2.65. The van der Waals surface area contributed by atoms with Gasteiger partial charge >= 0.3 is 0 Å². The number of nitrogens with one attached hydrogen (secondary N) is 2. The van der Waals surface area contributed by atoms with Gasteiger partial charge in [0, 0.05) is 11.3 Å². The van der Waals surface area contributed by atoms with Crippen LogP contribution in [0.15, 0.2) is 35.1 Å². The number of anilines is 1. The van der Waals surface area contributed by atoms with Gasteiger partial charge in [0.05, 0.1) is 13.1 Å². The number of carbonyl (C=O) groups excluding carboxylic acids is 1. The molecule has 0 unspecified atom stereocenters. The predicted octanol–water partition coefficient (Wildman–Crippen LogP) is 0.898. The lowest BCUT2D eigenvalue weighted by Crippen LogP contribution is -2.28. The van der Waals surface area contributed by atoms with E-state index in [0.29, 0.717) is 18.1 Å².